The van der Waals surface area contributed by atoms with Crippen LogP contribution in [0.25, 0.3) is 11.2 Å². The van der Waals surface area contributed by atoms with E-state index in [1.165, 1.54) is 0 Å². The third-order valence-electron chi connectivity index (χ3n) is 3.92. The number of nitrogens with one attached hydrogen (secondary N) is 1. The average molecular weight is 413 g/mol. The van der Waals surface area contributed by atoms with Crippen molar-refractivity contribution in [2.24, 2.45) is 0 Å². The molecule has 126 valence electrons. The fourth-order valence-electron chi connectivity index (χ4n) is 2.81. The van der Waals surface area contributed by atoms with Crippen LogP contribution >= 0.6 is 27.5 Å². The van der Waals surface area contributed by atoms with Crippen LogP contribution < -0.4 is 5.32 Å². The highest BCUT2D eigenvalue weighted by Gasteiger charge is 2.24. The van der Waals surface area contributed by atoms with E-state index in [2.05, 4.69) is 36.2 Å². The molecule has 0 aliphatic carbocycles. The van der Waals surface area contributed by atoms with Gasteiger partial charge in [-0.3, -0.25) is 4.57 Å². The summed E-state index contributed by atoms with van der Waals surface area (Å²) in [7, 11) is 0. The van der Waals surface area contributed by atoms with Crippen LogP contribution in [0.5, 0.6) is 0 Å². The van der Waals surface area contributed by atoms with Gasteiger partial charge in [-0.2, -0.15) is 9.97 Å². The van der Waals surface area contributed by atoms with Crippen molar-refractivity contribution in [3.63, 3.8) is 0 Å². The second-order valence-corrected chi connectivity index (χ2v) is 6.57. The predicted molar refractivity (Wildman–Crippen MR) is 92.9 cm³/mol. The van der Waals surface area contributed by atoms with Crippen LogP contribution in [0.1, 0.15) is 31.3 Å². The molecule has 7 nitrogen and oxygen atoms in total. The summed E-state index contributed by atoms with van der Waals surface area (Å²) in [4.78, 5) is 13.2. The van der Waals surface area contributed by atoms with Gasteiger partial charge in [0.05, 0.1) is 12.8 Å². The molecule has 0 radical (unpaired) electrons. The zero-order chi connectivity index (χ0) is 16.5. The zero-order valence-electron chi connectivity index (χ0n) is 12.7. The predicted octanol–water partition coefficient (Wildman–Crippen LogP) is 4.15. The number of rotatable bonds is 4. The maximum absolute atomic E-state index is 6.12. The molecule has 3 aromatic rings. The number of nitrogens with zero attached hydrogens (tertiary/aromatic N) is 4. The van der Waals surface area contributed by atoms with Crippen molar-refractivity contribution in [1.82, 2.24) is 19.5 Å². The van der Waals surface area contributed by atoms with Gasteiger partial charge in [-0.05, 0) is 58.9 Å². The van der Waals surface area contributed by atoms with Crippen LogP contribution in [-0.4, -0.2) is 26.1 Å². The lowest BCUT2D eigenvalue weighted by atomic mass is 10.2. The molecule has 0 bridgehead atoms. The summed E-state index contributed by atoms with van der Waals surface area (Å²) in [6, 6.07) is 3.72. The van der Waals surface area contributed by atoms with Crippen LogP contribution in [0, 0.1) is 0 Å². The number of furan rings is 1. The van der Waals surface area contributed by atoms with Gasteiger partial charge >= 0.3 is 0 Å². The van der Waals surface area contributed by atoms with Gasteiger partial charge in [0.15, 0.2) is 21.7 Å². The van der Waals surface area contributed by atoms with Gasteiger partial charge in [-0.25, -0.2) is 4.98 Å². The number of hydrogen-bond donors (Lipinski definition) is 1. The van der Waals surface area contributed by atoms with Gasteiger partial charge in [0.2, 0.25) is 5.28 Å². The molecule has 3 aromatic heterocycles. The zero-order valence-corrected chi connectivity index (χ0v) is 15.0. The molecule has 1 saturated heterocycles. The molecule has 0 spiro atoms. The number of anilines is 1. The summed E-state index contributed by atoms with van der Waals surface area (Å²) in [6.07, 6.45) is 4.64. The molecule has 1 aliphatic rings. The Labute approximate surface area is 151 Å². The Kier molecular flexibility index (Phi) is 4.43. The van der Waals surface area contributed by atoms with E-state index in [1.54, 1.807) is 6.26 Å². The lowest BCUT2D eigenvalue weighted by Crippen LogP contribution is -2.18. The van der Waals surface area contributed by atoms with E-state index >= 15 is 0 Å². The summed E-state index contributed by atoms with van der Waals surface area (Å²) in [5.41, 5.74) is 1.29. The van der Waals surface area contributed by atoms with Crippen molar-refractivity contribution in [3.8, 4) is 0 Å². The van der Waals surface area contributed by atoms with Crippen molar-refractivity contribution in [3.05, 3.63) is 34.2 Å². The molecule has 0 amide bonds. The molecule has 4 heterocycles. The molecule has 1 unspecified atom stereocenters. The number of hydrogen-bond acceptors (Lipinski definition) is 6. The first kappa shape index (κ1) is 15.9. The highest BCUT2D eigenvalue weighted by molar-refractivity contribution is 9.10. The molecule has 1 atom stereocenters. The van der Waals surface area contributed by atoms with Gasteiger partial charge in [0.1, 0.15) is 12.0 Å². The second kappa shape index (κ2) is 6.70. The van der Waals surface area contributed by atoms with E-state index in [4.69, 9.17) is 20.8 Å². The van der Waals surface area contributed by atoms with Crippen LogP contribution in [-0.2, 0) is 11.3 Å². The summed E-state index contributed by atoms with van der Waals surface area (Å²) >= 11 is 9.63. The molecule has 1 fully saturated rings. The molecular weight excluding hydrogens is 398 g/mol. The third-order valence-corrected chi connectivity index (χ3v) is 4.65. The number of fused-ring (bicyclic) bond motifs is 1. The third kappa shape index (κ3) is 3.01. The van der Waals surface area contributed by atoms with Gasteiger partial charge in [-0.1, -0.05) is 0 Å². The van der Waals surface area contributed by atoms with Crippen molar-refractivity contribution >= 4 is 44.5 Å². The van der Waals surface area contributed by atoms with Crippen molar-refractivity contribution in [2.75, 3.05) is 11.9 Å². The largest absolute Gasteiger partial charge is 0.467 e. The van der Waals surface area contributed by atoms with E-state index in [1.807, 2.05) is 16.7 Å². The van der Waals surface area contributed by atoms with E-state index in [0.717, 1.165) is 31.6 Å². The smallest absolute Gasteiger partial charge is 0.226 e. The highest BCUT2D eigenvalue weighted by Crippen LogP contribution is 2.32. The molecule has 4 rings (SSSR count). The van der Waals surface area contributed by atoms with Crippen molar-refractivity contribution < 1.29 is 9.15 Å². The number of ether oxygens (including phenoxy) is 1. The highest BCUT2D eigenvalue weighted by atomic mass is 79.9. The molecule has 0 aromatic carbocycles. The average Bonchev–Trinajstić information content (AvgIpc) is 3.20. The Morgan fingerprint density at radius 2 is 2.25 bits per heavy atom. The van der Waals surface area contributed by atoms with E-state index in [-0.39, 0.29) is 11.5 Å². The Hall–Kier alpha value is -1.64. The normalized spacial score (nSPS) is 18.2. The minimum Gasteiger partial charge on any atom is -0.467 e. The second-order valence-electron chi connectivity index (χ2n) is 5.52. The van der Waals surface area contributed by atoms with Crippen molar-refractivity contribution in [1.29, 1.82) is 0 Å². The van der Waals surface area contributed by atoms with Gasteiger partial charge in [0.25, 0.3) is 0 Å². The molecule has 0 saturated carbocycles. The van der Waals surface area contributed by atoms with Crippen LogP contribution in [0.2, 0.25) is 5.28 Å². The molecular formula is C15H15BrClN5O2. The van der Waals surface area contributed by atoms with Gasteiger partial charge in [-0.15, -0.1) is 0 Å². The Morgan fingerprint density at radius 3 is 3.00 bits per heavy atom. The summed E-state index contributed by atoms with van der Waals surface area (Å²) < 4.78 is 13.8. The molecule has 24 heavy (non-hydrogen) atoms. The maximum atomic E-state index is 6.12. The summed E-state index contributed by atoms with van der Waals surface area (Å²) in [6.45, 7) is 1.22. The Bertz CT molecular complexity index is 845. The number of aromatic nitrogens is 4. The summed E-state index contributed by atoms with van der Waals surface area (Å²) in [5.74, 6) is 1.36. The number of halogens is 2. The standard InChI is InChI=1S/C15H15BrClN5O2/c16-14-19-11-12(18-8-9-4-3-7-23-9)20-15(17)21-13(11)22(14)10-5-1-2-6-24-10/h3-4,7,10H,1-2,5-6,8H2,(H,18,20,21). The molecule has 1 aliphatic heterocycles. The SMILES string of the molecule is Clc1nc(NCc2ccco2)c2nc(Br)n(C3CCCCO3)c2n1. The monoisotopic (exact) mass is 411 g/mol. The first-order chi connectivity index (χ1) is 11.7. The van der Waals surface area contributed by atoms with Gasteiger partial charge < -0.3 is 14.5 Å². The van der Waals surface area contributed by atoms with Crippen LogP contribution in [0.3, 0.4) is 0 Å². The van der Waals surface area contributed by atoms with E-state index < -0.39 is 0 Å². The number of imidazole rings is 1. The topological polar surface area (TPSA) is 78.0 Å². The van der Waals surface area contributed by atoms with E-state index in [9.17, 15) is 0 Å². The lowest BCUT2D eigenvalue weighted by molar-refractivity contribution is -0.0311. The van der Waals surface area contributed by atoms with Crippen molar-refractivity contribution in [2.45, 2.75) is 32.0 Å². The van der Waals surface area contributed by atoms with Gasteiger partial charge in [0, 0.05) is 6.61 Å². The molecule has 9 heteroatoms. The lowest BCUT2D eigenvalue weighted by Gasteiger charge is -2.24. The minimum atomic E-state index is -0.0954. The fraction of sp³-hybridized carbons (Fsp3) is 0.400. The Morgan fingerprint density at radius 1 is 1.33 bits per heavy atom. The first-order valence-corrected chi connectivity index (χ1v) is 8.88. The van der Waals surface area contributed by atoms with E-state index in [0.29, 0.717) is 28.3 Å². The molecule has 1 N–H and O–H groups in total. The Balaban J connectivity index is 1.72. The maximum Gasteiger partial charge on any atom is 0.226 e. The quantitative estimate of drug-likeness (QED) is 0.512. The fourth-order valence-corrected chi connectivity index (χ4v) is 3.55. The minimum absolute atomic E-state index is 0.0954. The summed E-state index contributed by atoms with van der Waals surface area (Å²) in [5, 5.41) is 3.37. The first-order valence-electron chi connectivity index (χ1n) is 7.71. The van der Waals surface area contributed by atoms with Crippen LogP contribution in [0.4, 0.5) is 5.82 Å². The van der Waals surface area contributed by atoms with Crippen LogP contribution in [0.15, 0.2) is 27.5 Å².